The van der Waals surface area contributed by atoms with Crippen molar-refractivity contribution < 1.29 is 18.1 Å². The predicted octanol–water partition coefficient (Wildman–Crippen LogP) is 2.73. The number of halogens is 2. The second kappa shape index (κ2) is 7.51. The summed E-state index contributed by atoms with van der Waals surface area (Å²) in [4.78, 5) is 24.2. The second-order valence-electron chi connectivity index (χ2n) is 5.87. The van der Waals surface area contributed by atoms with Gasteiger partial charge in [-0.15, -0.1) is 0 Å². The number of fused-ring (bicyclic) bond motifs is 1. The van der Waals surface area contributed by atoms with Crippen LogP contribution >= 0.6 is 0 Å². The van der Waals surface area contributed by atoms with Gasteiger partial charge in [0.1, 0.15) is 0 Å². The summed E-state index contributed by atoms with van der Waals surface area (Å²) in [5.74, 6) is -1.14. The minimum absolute atomic E-state index is 0.0908. The Morgan fingerprint density at radius 1 is 1.14 bits per heavy atom. The third-order valence-electron chi connectivity index (χ3n) is 4.00. The van der Waals surface area contributed by atoms with E-state index in [1.54, 1.807) is 48.7 Å². The average molecular weight is 384 g/mol. The zero-order valence-electron chi connectivity index (χ0n) is 14.4. The third kappa shape index (κ3) is 3.56. The van der Waals surface area contributed by atoms with Crippen molar-refractivity contribution in [1.82, 2.24) is 30.0 Å². The van der Waals surface area contributed by atoms with Crippen molar-refractivity contribution in [2.75, 3.05) is 0 Å². The van der Waals surface area contributed by atoms with E-state index in [9.17, 15) is 13.6 Å². The van der Waals surface area contributed by atoms with E-state index in [0.29, 0.717) is 16.7 Å². The maximum absolute atomic E-state index is 13.3. The number of para-hydroxylation sites is 2. The lowest BCUT2D eigenvalue weighted by Gasteiger charge is -2.05. The van der Waals surface area contributed by atoms with Crippen LogP contribution < -0.4 is 5.32 Å². The van der Waals surface area contributed by atoms with E-state index >= 15 is 0 Å². The fraction of sp³-hybridized carbons (Fsp3) is 0.167. The Kier molecular flexibility index (Phi) is 4.75. The maximum atomic E-state index is 13.3. The van der Waals surface area contributed by atoms with Crippen molar-refractivity contribution in [3.63, 3.8) is 0 Å². The van der Waals surface area contributed by atoms with Crippen LogP contribution in [-0.4, -0.2) is 30.6 Å². The molecule has 1 amide bonds. The van der Waals surface area contributed by atoms with Crippen LogP contribution in [-0.2, 0) is 13.1 Å². The Balaban J connectivity index is 1.51. The summed E-state index contributed by atoms with van der Waals surface area (Å²) in [6, 6.07) is 12.1. The molecular weight excluding hydrogens is 370 g/mol. The molecule has 0 saturated carbocycles. The van der Waals surface area contributed by atoms with Crippen LogP contribution in [0.25, 0.3) is 11.0 Å². The van der Waals surface area contributed by atoms with Gasteiger partial charge in [-0.25, -0.2) is 13.8 Å². The molecule has 0 unspecified atom stereocenters. The molecule has 0 atom stereocenters. The van der Waals surface area contributed by atoms with E-state index in [-0.39, 0.29) is 24.8 Å². The largest absolute Gasteiger partial charge is 0.342 e. The molecule has 0 bridgehead atoms. The van der Waals surface area contributed by atoms with Gasteiger partial charge in [-0.2, -0.15) is 4.98 Å². The van der Waals surface area contributed by atoms with Crippen LogP contribution in [0, 0.1) is 0 Å². The first-order valence-electron chi connectivity index (χ1n) is 8.36. The Morgan fingerprint density at radius 3 is 2.75 bits per heavy atom. The molecule has 1 N–H and O–H groups in total. The van der Waals surface area contributed by atoms with E-state index < -0.39 is 18.2 Å². The van der Waals surface area contributed by atoms with Crippen LogP contribution in [0.4, 0.5) is 8.78 Å². The standard InChI is InChI=1S/C18H14F2N6O2/c19-15(20)16-23-12-6-1-2-7-13(12)26(16)10-14-24-18(28-25-14)17(27)22-9-11-5-3-4-8-21-11/h1-8,15H,9-10H2,(H,22,27). The zero-order chi connectivity index (χ0) is 19.5. The average Bonchev–Trinajstić information content (AvgIpc) is 3.33. The molecule has 28 heavy (non-hydrogen) atoms. The molecule has 142 valence electrons. The summed E-state index contributed by atoms with van der Waals surface area (Å²) in [5, 5.41) is 6.33. The van der Waals surface area contributed by atoms with Crippen molar-refractivity contribution in [1.29, 1.82) is 0 Å². The van der Waals surface area contributed by atoms with E-state index in [1.807, 2.05) is 0 Å². The highest BCUT2D eigenvalue weighted by atomic mass is 19.3. The summed E-state index contributed by atoms with van der Waals surface area (Å²) in [6.45, 7) is 0.0935. The van der Waals surface area contributed by atoms with Gasteiger partial charge in [-0.05, 0) is 24.3 Å². The van der Waals surface area contributed by atoms with E-state index in [2.05, 4.69) is 25.4 Å². The Hall–Kier alpha value is -3.69. The van der Waals surface area contributed by atoms with E-state index in [1.165, 1.54) is 4.57 Å². The first-order chi connectivity index (χ1) is 13.6. The number of pyridine rings is 1. The molecule has 1 aromatic carbocycles. The lowest BCUT2D eigenvalue weighted by Crippen LogP contribution is -2.23. The Bertz CT molecular complexity index is 1110. The number of rotatable bonds is 6. The van der Waals surface area contributed by atoms with Gasteiger partial charge in [0, 0.05) is 6.20 Å². The third-order valence-corrected chi connectivity index (χ3v) is 4.00. The summed E-state index contributed by atoms with van der Waals surface area (Å²) < 4.78 is 33.0. The van der Waals surface area contributed by atoms with Crippen LogP contribution in [0.1, 0.15) is 34.5 Å². The van der Waals surface area contributed by atoms with Crippen molar-refractivity contribution in [2.45, 2.75) is 19.5 Å². The molecular formula is C18H14F2N6O2. The molecule has 0 saturated heterocycles. The van der Waals surface area contributed by atoms with Crippen molar-refractivity contribution in [2.24, 2.45) is 0 Å². The SMILES string of the molecule is O=C(NCc1ccccn1)c1nc(Cn2c(C(F)F)nc3ccccc32)no1. The lowest BCUT2D eigenvalue weighted by atomic mass is 10.3. The number of nitrogens with one attached hydrogen (secondary N) is 1. The Morgan fingerprint density at radius 2 is 1.96 bits per heavy atom. The monoisotopic (exact) mass is 384 g/mol. The van der Waals surface area contributed by atoms with Crippen LogP contribution in [0.15, 0.2) is 53.2 Å². The van der Waals surface area contributed by atoms with Gasteiger partial charge < -0.3 is 14.4 Å². The first kappa shape index (κ1) is 17.7. The molecule has 0 aliphatic heterocycles. The number of amides is 1. The molecule has 10 heteroatoms. The second-order valence-corrected chi connectivity index (χ2v) is 5.87. The highest BCUT2D eigenvalue weighted by Crippen LogP contribution is 2.24. The van der Waals surface area contributed by atoms with Gasteiger partial charge in [0.15, 0.2) is 11.6 Å². The first-order valence-corrected chi connectivity index (χ1v) is 8.36. The summed E-state index contributed by atoms with van der Waals surface area (Å²) >= 11 is 0. The number of carbonyl (C=O) groups is 1. The molecule has 4 rings (SSSR count). The molecule has 0 aliphatic carbocycles. The number of benzene rings is 1. The normalized spacial score (nSPS) is 11.2. The predicted molar refractivity (Wildman–Crippen MR) is 93.5 cm³/mol. The maximum Gasteiger partial charge on any atom is 0.316 e. The Labute approximate surface area is 157 Å². The number of hydrogen-bond acceptors (Lipinski definition) is 6. The van der Waals surface area contributed by atoms with Crippen LogP contribution in [0.2, 0.25) is 0 Å². The highest BCUT2D eigenvalue weighted by Gasteiger charge is 2.21. The van der Waals surface area contributed by atoms with Crippen molar-refractivity contribution in [3.05, 3.63) is 71.9 Å². The highest BCUT2D eigenvalue weighted by molar-refractivity contribution is 5.89. The van der Waals surface area contributed by atoms with Gasteiger partial charge in [0.05, 0.1) is 29.8 Å². The topological polar surface area (TPSA) is 98.7 Å². The molecule has 0 radical (unpaired) electrons. The summed E-state index contributed by atoms with van der Waals surface area (Å²) in [6.07, 6.45) is -1.15. The molecule has 8 nitrogen and oxygen atoms in total. The quantitative estimate of drug-likeness (QED) is 0.549. The van der Waals surface area contributed by atoms with Crippen LogP contribution in [0.5, 0.6) is 0 Å². The number of hydrogen-bond donors (Lipinski definition) is 1. The fourth-order valence-corrected chi connectivity index (χ4v) is 2.73. The number of nitrogens with zero attached hydrogens (tertiary/aromatic N) is 5. The van der Waals surface area contributed by atoms with Gasteiger partial charge >= 0.3 is 11.8 Å². The van der Waals surface area contributed by atoms with Gasteiger partial charge in [0.25, 0.3) is 6.43 Å². The van der Waals surface area contributed by atoms with Gasteiger partial charge in [-0.1, -0.05) is 23.4 Å². The van der Waals surface area contributed by atoms with Gasteiger partial charge in [-0.3, -0.25) is 9.78 Å². The summed E-state index contributed by atoms with van der Waals surface area (Å²) in [7, 11) is 0. The number of imidazole rings is 1. The number of alkyl halides is 2. The zero-order valence-corrected chi connectivity index (χ0v) is 14.4. The lowest BCUT2D eigenvalue weighted by molar-refractivity contribution is 0.0906. The fourth-order valence-electron chi connectivity index (χ4n) is 2.73. The van der Waals surface area contributed by atoms with E-state index in [4.69, 9.17) is 4.52 Å². The molecule has 4 aromatic rings. The number of carbonyl (C=O) groups excluding carboxylic acids is 1. The van der Waals surface area contributed by atoms with Crippen molar-refractivity contribution >= 4 is 16.9 Å². The summed E-state index contributed by atoms with van der Waals surface area (Å²) in [5.41, 5.74) is 1.63. The molecule has 3 aromatic heterocycles. The molecule has 0 spiro atoms. The molecule has 0 aliphatic rings. The minimum atomic E-state index is -2.76. The van der Waals surface area contributed by atoms with Crippen molar-refractivity contribution in [3.8, 4) is 0 Å². The van der Waals surface area contributed by atoms with Gasteiger partial charge in [0.2, 0.25) is 0 Å². The minimum Gasteiger partial charge on any atom is -0.342 e. The van der Waals surface area contributed by atoms with E-state index in [0.717, 1.165) is 0 Å². The van der Waals surface area contributed by atoms with Crippen LogP contribution in [0.3, 0.4) is 0 Å². The smallest absolute Gasteiger partial charge is 0.316 e. The molecule has 3 heterocycles. The molecule has 0 fully saturated rings. The number of aromatic nitrogens is 5.